The maximum atomic E-state index is 13.9. The molecule has 1 unspecified atom stereocenters. The van der Waals surface area contributed by atoms with E-state index < -0.39 is 29.7 Å². The van der Waals surface area contributed by atoms with Crippen LogP contribution in [0.3, 0.4) is 0 Å². The van der Waals surface area contributed by atoms with Gasteiger partial charge in [0.1, 0.15) is 11.9 Å². The van der Waals surface area contributed by atoms with Crippen molar-refractivity contribution in [1.82, 2.24) is 14.5 Å². The number of carbonyl (C=O) groups excluding carboxylic acids is 1. The van der Waals surface area contributed by atoms with Gasteiger partial charge in [-0.25, -0.2) is 13.8 Å². The zero-order valence-electron chi connectivity index (χ0n) is 19.9. The molecular weight excluding hydrogens is 456 g/mol. The van der Waals surface area contributed by atoms with E-state index in [2.05, 4.69) is 4.98 Å². The lowest BCUT2D eigenvalue weighted by Crippen LogP contribution is -2.48. The molecule has 0 aliphatic carbocycles. The molecule has 0 radical (unpaired) electrons. The van der Waals surface area contributed by atoms with Gasteiger partial charge in [0.25, 0.3) is 5.91 Å². The fourth-order valence-corrected chi connectivity index (χ4v) is 4.26. The molecule has 1 aromatic heterocycles. The molecule has 1 fully saturated rings. The average Bonchev–Trinajstić information content (AvgIpc) is 3.25. The van der Waals surface area contributed by atoms with Gasteiger partial charge in [0.2, 0.25) is 0 Å². The number of halogens is 2. The van der Waals surface area contributed by atoms with Crippen molar-refractivity contribution in [3.63, 3.8) is 0 Å². The zero-order chi connectivity index (χ0) is 25.3. The number of ether oxygens (including phenoxy) is 2. The van der Waals surface area contributed by atoms with Crippen LogP contribution < -0.4 is 4.74 Å². The second-order valence-electron chi connectivity index (χ2n) is 8.61. The molecular formula is C26H27F2N3O4. The van der Waals surface area contributed by atoms with Gasteiger partial charge in [-0.1, -0.05) is 12.1 Å². The van der Waals surface area contributed by atoms with Gasteiger partial charge in [-0.15, -0.1) is 0 Å². The van der Waals surface area contributed by atoms with E-state index in [4.69, 9.17) is 9.47 Å². The number of aliphatic hydroxyl groups is 1. The monoisotopic (exact) mass is 483 g/mol. The summed E-state index contributed by atoms with van der Waals surface area (Å²) in [5.41, 5.74) is 2.61. The summed E-state index contributed by atoms with van der Waals surface area (Å²) in [5, 5.41) is 10.5. The molecule has 1 saturated heterocycles. The van der Waals surface area contributed by atoms with Crippen molar-refractivity contribution in [2.75, 3.05) is 13.7 Å². The van der Waals surface area contributed by atoms with Gasteiger partial charge >= 0.3 is 0 Å². The Bertz CT molecular complexity index is 1270. The summed E-state index contributed by atoms with van der Waals surface area (Å²) >= 11 is 0. The predicted molar refractivity (Wildman–Crippen MR) is 126 cm³/mol. The molecule has 0 bridgehead atoms. The quantitative estimate of drug-likeness (QED) is 0.533. The number of hydrogen-bond donors (Lipinski definition) is 1. The number of aliphatic hydroxyl groups excluding tert-OH is 1. The number of morpholine rings is 1. The van der Waals surface area contributed by atoms with Gasteiger partial charge in [-0.05, 0) is 62.2 Å². The van der Waals surface area contributed by atoms with Crippen LogP contribution in [0.5, 0.6) is 5.75 Å². The molecule has 2 aromatic carbocycles. The van der Waals surface area contributed by atoms with Crippen molar-refractivity contribution < 1.29 is 28.2 Å². The van der Waals surface area contributed by atoms with E-state index in [1.54, 1.807) is 32.5 Å². The second-order valence-corrected chi connectivity index (χ2v) is 8.61. The molecule has 184 valence electrons. The number of rotatable bonds is 6. The standard InChI is InChI=1S/C26H27F2N3O4/c1-15-12-30(14-29-15)22-8-5-18(9-23(22)34-4)10-24-26(33)31(13-16(2)35-24)25(17(3)32)19-6-7-20(27)21(28)11-19/h5-12,14,16-17,25,32H,13H2,1-4H3/t16?,17-,25+/m1/s1. The maximum Gasteiger partial charge on any atom is 0.289 e. The molecule has 0 saturated carbocycles. The van der Waals surface area contributed by atoms with Crippen LogP contribution in [0.4, 0.5) is 8.78 Å². The summed E-state index contributed by atoms with van der Waals surface area (Å²) in [5.74, 6) is -1.85. The first-order valence-electron chi connectivity index (χ1n) is 11.2. The molecule has 1 aliphatic rings. The number of amides is 1. The van der Waals surface area contributed by atoms with Crippen molar-refractivity contribution in [2.45, 2.75) is 39.0 Å². The Balaban J connectivity index is 1.68. The highest BCUT2D eigenvalue weighted by Gasteiger charge is 2.37. The number of aromatic nitrogens is 2. The third-order valence-electron chi connectivity index (χ3n) is 5.82. The molecule has 0 spiro atoms. The fraction of sp³-hybridized carbons (Fsp3) is 0.308. The Hall–Kier alpha value is -3.72. The minimum atomic E-state index is -1.04. The Kier molecular flexibility index (Phi) is 6.88. The Morgan fingerprint density at radius 2 is 2.00 bits per heavy atom. The molecule has 3 atom stereocenters. The lowest BCUT2D eigenvalue weighted by atomic mass is 9.98. The molecule has 3 aromatic rings. The van der Waals surface area contributed by atoms with Crippen LogP contribution in [-0.4, -0.2) is 51.3 Å². The molecule has 9 heteroatoms. The molecule has 1 amide bonds. The van der Waals surface area contributed by atoms with E-state index >= 15 is 0 Å². The highest BCUT2D eigenvalue weighted by Crippen LogP contribution is 2.32. The first kappa shape index (κ1) is 24.4. The third kappa shape index (κ3) is 5.05. The SMILES string of the molecule is COc1cc(C=C2OC(C)CN([C@H](c3ccc(F)c(F)c3)[C@@H](C)O)C2=O)ccc1-n1cnc(C)c1. The van der Waals surface area contributed by atoms with E-state index in [-0.39, 0.29) is 18.4 Å². The summed E-state index contributed by atoms with van der Waals surface area (Å²) in [4.78, 5) is 19.1. The Morgan fingerprint density at radius 1 is 1.23 bits per heavy atom. The minimum absolute atomic E-state index is 0.0743. The van der Waals surface area contributed by atoms with E-state index in [1.165, 1.54) is 17.9 Å². The largest absolute Gasteiger partial charge is 0.495 e. The second kappa shape index (κ2) is 9.87. The van der Waals surface area contributed by atoms with Gasteiger partial charge in [-0.2, -0.15) is 0 Å². The summed E-state index contributed by atoms with van der Waals surface area (Å²) in [6.45, 7) is 5.36. The van der Waals surface area contributed by atoms with Crippen molar-refractivity contribution in [1.29, 1.82) is 0 Å². The zero-order valence-corrected chi connectivity index (χ0v) is 19.9. The Labute approximate surface area is 202 Å². The van der Waals surface area contributed by atoms with Crippen molar-refractivity contribution in [3.05, 3.63) is 83.1 Å². The summed E-state index contributed by atoms with van der Waals surface area (Å²) in [6, 6.07) is 7.93. The number of hydrogen-bond acceptors (Lipinski definition) is 5. The molecule has 2 heterocycles. The van der Waals surface area contributed by atoms with Gasteiger partial charge in [0.15, 0.2) is 17.4 Å². The number of benzene rings is 2. The van der Waals surface area contributed by atoms with Crippen molar-refractivity contribution in [2.24, 2.45) is 0 Å². The molecule has 1 N–H and O–H groups in total. The summed E-state index contributed by atoms with van der Waals surface area (Å²) < 4.78 is 40.6. The number of imidazole rings is 1. The molecule has 7 nitrogen and oxygen atoms in total. The number of nitrogens with zero attached hydrogens (tertiary/aromatic N) is 3. The van der Waals surface area contributed by atoms with E-state index in [9.17, 15) is 18.7 Å². The van der Waals surface area contributed by atoms with Gasteiger partial charge in [0, 0.05) is 6.20 Å². The molecule has 35 heavy (non-hydrogen) atoms. The van der Waals surface area contributed by atoms with Gasteiger partial charge < -0.3 is 24.0 Å². The topological polar surface area (TPSA) is 76.8 Å². The number of aryl methyl sites for hydroxylation is 1. The van der Waals surface area contributed by atoms with Gasteiger partial charge in [-0.3, -0.25) is 4.79 Å². The van der Waals surface area contributed by atoms with Gasteiger partial charge in [0.05, 0.1) is 43.5 Å². The van der Waals surface area contributed by atoms with Crippen molar-refractivity contribution >= 4 is 12.0 Å². The fourth-order valence-electron chi connectivity index (χ4n) is 4.26. The van der Waals surface area contributed by atoms with Crippen LogP contribution in [0.25, 0.3) is 11.8 Å². The normalized spacial score (nSPS) is 18.9. The lowest BCUT2D eigenvalue weighted by Gasteiger charge is -2.39. The van der Waals surface area contributed by atoms with Crippen LogP contribution in [-0.2, 0) is 9.53 Å². The van der Waals surface area contributed by atoms with Crippen LogP contribution in [0.2, 0.25) is 0 Å². The third-order valence-corrected chi connectivity index (χ3v) is 5.82. The van der Waals surface area contributed by atoms with E-state index in [0.29, 0.717) is 16.9 Å². The molecule has 1 aliphatic heterocycles. The Morgan fingerprint density at radius 3 is 2.63 bits per heavy atom. The average molecular weight is 484 g/mol. The minimum Gasteiger partial charge on any atom is -0.495 e. The summed E-state index contributed by atoms with van der Waals surface area (Å²) in [7, 11) is 1.56. The van der Waals surface area contributed by atoms with E-state index in [1.807, 2.05) is 29.8 Å². The highest BCUT2D eigenvalue weighted by atomic mass is 19.2. The van der Waals surface area contributed by atoms with Crippen LogP contribution >= 0.6 is 0 Å². The lowest BCUT2D eigenvalue weighted by molar-refractivity contribution is -0.145. The van der Waals surface area contributed by atoms with Crippen molar-refractivity contribution in [3.8, 4) is 11.4 Å². The van der Waals surface area contributed by atoms with Crippen LogP contribution in [0, 0.1) is 18.6 Å². The first-order chi connectivity index (χ1) is 16.7. The number of carbonyl (C=O) groups is 1. The van der Waals surface area contributed by atoms with Crippen LogP contribution in [0.15, 0.2) is 54.7 Å². The predicted octanol–water partition coefficient (Wildman–Crippen LogP) is 4.18. The number of methoxy groups -OCH3 is 1. The maximum absolute atomic E-state index is 13.9. The smallest absolute Gasteiger partial charge is 0.289 e. The molecule has 4 rings (SSSR count). The highest BCUT2D eigenvalue weighted by molar-refractivity contribution is 5.97. The summed E-state index contributed by atoms with van der Waals surface area (Å²) in [6.07, 6.45) is 3.74. The van der Waals surface area contributed by atoms with Crippen LogP contribution in [0.1, 0.15) is 36.7 Å². The first-order valence-corrected chi connectivity index (χ1v) is 11.2. The van der Waals surface area contributed by atoms with E-state index in [0.717, 1.165) is 23.5 Å².